The summed E-state index contributed by atoms with van der Waals surface area (Å²) in [6, 6.07) is 21.1. The van der Waals surface area contributed by atoms with E-state index >= 15 is 0 Å². The number of hydrogen-bond donors (Lipinski definition) is 2. The van der Waals surface area contributed by atoms with Gasteiger partial charge in [0, 0.05) is 28.7 Å². The fourth-order valence-corrected chi connectivity index (χ4v) is 4.27. The Morgan fingerprint density at radius 2 is 1.97 bits per heavy atom. The van der Waals surface area contributed by atoms with Crippen molar-refractivity contribution in [2.24, 2.45) is 0 Å². The normalized spacial score (nSPS) is 14.4. The van der Waals surface area contributed by atoms with Gasteiger partial charge in [-0.25, -0.2) is 0 Å². The molecule has 1 aliphatic carbocycles. The summed E-state index contributed by atoms with van der Waals surface area (Å²) < 4.78 is 6.14. The van der Waals surface area contributed by atoms with Crippen molar-refractivity contribution in [2.75, 3.05) is 18.5 Å². The van der Waals surface area contributed by atoms with Gasteiger partial charge >= 0.3 is 0 Å². The maximum absolute atomic E-state index is 12.4. The predicted molar refractivity (Wildman–Crippen MR) is 129 cm³/mol. The Balaban J connectivity index is 1.39. The average Bonchev–Trinajstić information content (AvgIpc) is 3.24. The summed E-state index contributed by atoms with van der Waals surface area (Å²) in [5.41, 5.74) is 4.76. The molecule has 0 spiro atoms. The van der Waals surface area contributed by atoms with Crippen molar-refractivity contribution in [2.45, 2.75) is 25.3 Å². The van der Waals surface area contributed by atoms with Gasteiger partial charge in [-0.3, -0.25) is 10.1 Å². The minimum Gasteiger partial charge on any atom is -0.493 e. The minimum atomic E-state index is -0.150. The molecule has 4 nitrogen and oxygen atoms in total. The number of ether oxygens (including phenoxy) is 1. The van der Waals surface area contributed by atoms with Crippen LogP contribution in [0.4, 0.5) is 5.69 Å². The van der Waals surface area contributed by atoms with E-state index < -0.39 is 0 Å². The number of carbonyl (C=O) groups is 1. The highest BCUT2D eigenvalue weighted by Gasteiger charge is 2.24. The maximum Gasteiger partial charge on any atom is 0.255 e. The highest BCUT2D eigenvalue weighted by Crippen LogP contribution is 2.37. The van der Waals surface area contributed by atoms with Gasteiger partial charge in [-0.05, 0) is 65.9 Å². The third kappa shape index (κ3) is 5.13. The van der Waals surface area contributed by atoms with Crippen LogP contribution in [0.25, 0.3) is 0 Å². The smallest absolute Gasteiger partial charge is 0.255 e. The molecule has 0 radical (unpaired) electrons. The van der Waals surface area contributed by atoms with E-state index in [1.807, 2.05) is 36.4 Å². The van der Waals surface area contributed by atoms with Gasteiger partial charge in [-0.1, -0.05) is 47.9 Å². The van der Waals surface area contributed by atoms with Gasteiger partial charge in [0.2, 0.25) is 0 Å². The number of terminal acetylenes is 1. The first kappa shape index (κ1) is 22.0. The molecule has 0 aliphatic heterocycles. The zero-order valence-electron chi connectivity index (χ0n) is 17.7. The molecule has 2 N–H and O–H groups in total. The number of halogens is 1. The van der Waals surface area contributed by atoms with Crippen molar-refractivity contribution in [1.82, 2.24) is 5.32 Å². The second-order valence-corrected chi connectivity index (χ2v) is 8.13. The first-order valence-corrected chi connectivity index (χ1v) is 11.1. The first-order valence-electron chi connectivity index (χ1n) is 10.7. The van der Waals surface area contributed by atoms with E-state index in [1.165, 1.54) is 11.1 Å². The third-order valence-electron chi connectivity index (χ3n) is 5.65. The van der Waals surface area contributed by atoms with Gasteiger partial charge in [0.1, 0.15) is 5.75 Å². The number of anilines is 1. The fourth-order valence-electron chi connectivity index (χ4n) is 4.06. The number of rotatable bonds is 8. The van der Waals surface area contributed by atoms with Crippen LogP contribution in [0.5, 0.6) is 5.75 Å². The molecule has 162 valence electrons. The second-order valence-electron chi connectivity index (χ2n) is 7.73. The van der Waals surface area contributed by atoms with Crippen LogP contribution >= 0.6 is 11.6 Å². The molecule has 0 saturated carbocycles. The molecule has 1 aliphatic rings. The Labute approximate surface area is 194 Å². The Morgan fingerprint density at radius 1 is 1.12 bits per heavy atom. The summed E-state index contributed by atoms with van der Waals surface area (Å²) in [7, 11) is 0. The van der Waals surface area contributed by atoms with Gasteiger partial charge in [0.05, 0.1) is 13.2 Å². The Hall–Kier alpha value is -3.26. The molecule has 0 heterocycles. The summed E-state index contributed by atoms with van der Waals surface area (Å²) in [6.45, 7) is 1.06. The fraction of sp³-hybridized carbons (Fsp3) is 0.222. The lowest BCUT2D eigenvalue weighted by atomic mass is 10.1. The molecule has 0 saturated heterocycles. The summed E-state index contributed by atoms with van der Waals surface area (Å²) in [4.78, 5) is 12.4. The first-order chi connectivity index (χ1) is 15.7. The van der Waals surface area contributed by atoms with Crippen LogP contribution in [0.3, 0.4) is 0 Å². The summed E-state index contributed by atoms with van der Waals surface area (Å²) >= 11 is 6.40. The largest absolute Gasteiger partial charge is 0.493 e. The quantitative estimate of drug-likeness (QED) is 0.456. The molecule has 0 aromatic heterocycles. The van der Waals surface area contributed by atoms with Gasteiger partial charge in [0.15, 0.2) is 0 Å². The van der Waals surface area contributed by atoms with Gasteiger partial charge in [-0.2, -0.15) is 0 Å². The molecule has 1 unspecified atom stereocenters. The molecule has 3 aromatic rings. The van der Waals surface area contributed by atoms with Crippen molar-refractivity contribution >= 4 is 23.2 Å². The molecule has 3 aromatic carbocycles. The summed E-state index contributed by atoms with van der Waals surface area (Å²) in [5, 5.41) is 6.98. The van der Waals surface area contributed by atoms with Gasteiger partial charge < -0.3 is 10.1 Å². The highest BCUT2D eigenvalue weighted by atomic mass is 35.5. The van der Waals surface area contributed by atoms with E-state index in [9.17, 15) is 4.79 Å². The number of amides is 1. The zero-order valence-corrected chi connectivity index (χ0v) is 18.5. The Morgan fingerprint density at radius 3 is 2.78 bits per heavy atom. The molecule has 4 rings (SSSR count). The predicted octanol–water partition coefficient (Wildman–Crippen LogP) is 5.42. The molecule has 0 fully saturated rings. The summed E-state index contributed by atoms with van der Waals surface area (Å²) in [5.74, 6) is 3.41. The Bertz CT molecular complexity index is 1140. The van der Waals surface area contributed by atoms with Gasteiger partial charge in [0.25, 0.3) is 5.91 Å². The standard InChI is InChI=1S/C27H25ClN2O2/c1-2-16-29-25-14-12-23-22(25)9-6-10-26(23)32-17-15-20-18-21(11-13-24(20)28)30-27(31)19-7-4-3-5-8-19/h1,3-11,13,18,25,29H,12,14-17H2,(H,30,31). The van der Waals surface area contributed by atoms with Crippen molar-refractivity contribution in [3.05, 3.63) is 94.0 Å². The van der Waals surface area contributed by atoms with Crippen LogP contribution in [0.2, 0.25) is 5.02 Å². The van der Waals surface area contributed by atoms with Crippen LogP contribution in [-0.4, -0.2) is 19.1 Å². The van der Waals surface area contributed by atoms with E-state index in [-0.39, 0.29) is 11.9 Å². The van der Waals surface area contributed by atoms with E-state index in [0.29, 0.717) is 35.8 Å². The van der Waals surface area contributed by atoms with Crippen LogP contribution in [0.1, 0.15) is 39.5 Å². The van der Waals surface area contributed by atoms with Gasteiger partial charge in [-0.15, -0.1) is 6.42 Å². The van der Waals surface area contributed by atoms with Crippen LogP contribution in [0.15, 0.2) is 66.7 Å². The zero-order chi connectivity index (χ0) is 22.3. The van der Waals surface area contributed by atoms with Crippen molar-refractivity contribution < 1.29 is 9.53 Å². The highest BCUT2D eigenvalue weighted by molar-refractivity contribution is 6.31. The van der Waals surface area contributed by atoms with E-state index in [2.05, 4.69) is 22.6 Å². The topological polar surface area (TPSA) is 50.4 Å². The van der Waals surface area contributed by atoms with Crippen molar-refractivity contribution in [1.29, 1.82) is 0 Å². The van der Waals surface area contributed by atoms with Crippen LogP contribution in [0, 0.1) is 12.3 Å². The lowest BCUT2D eigenvalue weighted by molar-refractivity contribution is 0.102. The lowest BCUT2D eigenvalue weighted by Crippen LogP contribution is -2.19. The molecular formula is C27H25ClN2O2. The molecule has 32 heavy (non-hydrogen) atoms. The second kappa shape index (κ2) is 10.4. The van der Waals surface area contributed by atoms with E-state index in [0.717, 1.165) is 24.2 Å². The number of carbonyl (C=O) groups excluding carboxylic acids is 1. The molecule has 1 amide bonds. The number of benzene rings is 3. The monoisotopic (exact) mass is 444 g/mol. The number of nitrogens with one attached hydrogen (secondary N) is 2. The van der Waals surface area contributed by atoms with Crippen molar-refractivity contribution in [3.63, 3.8) is 0 Å². The average molecular weight is 445 g/mol. The van der Waals surface area contributed by atoms with Crippen molar-refractivity contribution in [3.8, 4) is 18.1 Å². The minimum absolute atomic E-state index is 0.150. The Kier molecular flexibility index (Phi) is 7.11. The van der Waals surface area contributed by atoms with E-state index in [1.54, 1.807) is 24.3 Å². The van der Waals surface area contributed by atoms with Crippen LogP contribution in [-0.2, 0) is 12.8 Å². The number of hydrogen-bond acceptors (Lipinski definition) is 3. The molecule has 1 atom stereocenters. The van der Waals surface area contributed by atoms with Crippen LogP contribution < -0.4 is 15.4 Å². The molecule has 0 bridgehead atoms. The lowest BCUT2D eigenvalue weighted by Gasteiger charge is -2.14. The molecular weight excluding hydrogens is 420 g/mol. The van der Waals surface area contributed by atoms with E-state index in [4.69, 9.17) is 22.8 Å². The number of fused-ring (bicyclic) bond motifs is 1. The third-order valence-corrected chi connectivity index (χ3v) is 6.02. The maximum atomic E-state index is 12.4. The summed E-state index contributed by atoms with van der Waals surface area (Å²) in [6.07, 6.45) is 8.01. The molecule has 5 heteroatoms. The SMILES string of the molecule is C#CCNC1CCc2c(OCCc3cc(NC(=O)c4ccccc4)ccc3Cl)cccc21.